The number of rotatable bonds is 8. The molecule has 0 aromatic heterocycles. The van der Waals surface area contributed by atoms with Crippen LogP contribution in [0.25, 0.3) is 6.08 Å². The zero-order valence-electron chi connectivity index (χ0n) is 17.6. The van der Waals surface area contributed by atoms with Crippen LogP contribution < -0.4 is 14.9 Å². The maximum absolute atomic E-state index is 12.9. The average Bonchev–Trinajstić information content (AvgIpc) is 3.06. The van der Waals surface area contributed by atoms with Crippen LogP contribution >= 0.6 is 39.9 Å². The normalized spacial score (nSPS) is 14.4. The molecule has 2 amide bonds. The van der Waals surface area contributed by atoms with E-state index in [0.29, 0.717) is 38.6 Å². The van der Waals surface area contributed by atoms with E-state index in [9.17, 15) is 14.4 Å². The van der Waals surface area contributed by atoms with Gasteiger partial charge >= 0.3 is 5.97 Å². The number of amides is 2. The Morgan fingerprint density at radius 1 is 1.21 bits per heavy atom. The Kier molecular flexibility index (Phi) is 8.48. The minimum absolute atomic E-state index is 0.206. The lowest BCUT2D eigenvalue weighted by Crippen LogP contribution is -2.44. The summed E-state index contributed by atoms with van der Waals surface area (Å²) in [6, 6.07) is 11.9. The number of carbonyl (C=O) groups is 3. The summed E-state index contributed by atoms with van der Waals surface area (Å²) in [6.07, 6.45) is 1.63. The number of ether oxygens (including phenoxy) is 3. The minimum Gasteiger partial charge on any atom is -0.490 e. The highest BCUT2D eigenvalue weighted by atomic mass is 79.9. The number of thiocarbonyl (C=S) groups is 1. The van der Waals surface area contributed by atoms with Gasteiger partial charge in [-0.05, 0) is 71.0 Å². The van der Waals surface area contributed by atoms with Crippen molar-refractivity contribution in [1.29, 1.82) is 0 Å². The molecule has 1 aliphatic heterocycles. The predicted molar refractivity (Wildman–Crippen MR) is 132 cm³/mol. The number of nitrogens with one attached hydrogen (secondary N) is 1. The molecule has 8 nitrogen and oxygen atoms in total. The number of halogens is 1. The molecule has 1 aliphatic rings. The van der Waals surface area contributed by atoms with Crippen molar-refractivity contribution in [1.82, 2.24) is 10.4 Å². The molecule has 172 valence electrons. The molecule has 1 saturated heterocycles. The summed E-state index contributed by atoms with van der Waals surface area (Å²) < 4.78 is 16.5. The molecule has 0 aliphatic carbocycles. The molecule has 33 heavy (non-hydrogen) atoms. The van der Waals surface area contributed by atoms with Gasteiger partial charge in [0.1, 0.15) is 0 Å². The Hall–Kier alpha value is -2.89. The van der Waals surface area contributed by atoms with Crippen molar-refractivity contribution < 1.29 is 28.6 Å². The van der Waals surface area contributed by atoms with E-state index < -0.39 is 17.8 Å². The van der Waals surface area contributed by atoms with Gasteiger partial charge in [-0.2, -0.15) is 5.01 Å². The van der Waals surface area contributed by atoms with Crippen LogP contribution in [0, 0.1) is 0 Å². The molecule has 0 spiro atoms. The molecule has 0 unspecified atom stereocenters. The number of hydrazine groups is 1. The van der Waals surface area contributed by atoms with E-state index in [1.54, 1.807) is 48.5 Å². The summed E-state index contributed by atoms with van der Waals surface area (Å²) in [5.74, 6) is -0.706. The van der Waals surface area contributed by atoms with Crippen molar-refractivity contribution >= 4 is 68.1 Å². The van der Waals surface area contributed by atoms with Crippen molar-refractivity contribution in [2.24, 2.45) is 0 Å². The van der Waals surface area contributed by atoms with E-state index >= 15 is 0 Å². The lowest BCUT2D eigenvalue weighted by molar-refractivity contribution is -0.143. The number of hydrogen-bond donors (Lipinski definition) is 1. The zero-order chi connectivity index (χ0) is 24.0. The summed E-state index contributed by atoms with van der Waals surface area (Å²) in [7, 11) is 1.27. The van der Waals surface area contributed by atoms with E-state index in [1.165, 1.54) is 7.11 Å². The highest BCUT2D eigenvalue weighted by Gasteiger charge is 2.34. The third-order valence-electron chi connectivity index (χ3n) is 4.23. The smallest absolute Gasteiger partial charge is 0.343 e. The molecular weight excluding hydrogens is 532 g/mol. The Morgan fingerprint density at radius 3 is 2.61 bits per heavy atom. The van der Waals surface area contributed by atoms with Gasteiger partial charge in [-0.15, -0.1) is 0 Å². The molecule has 0 radical (unpaired) electrons. The summed E-state index contributed by atoms with van der Waals surface area (Å²) in [6.45, 7) is 1.89. The summed E-state index contributed by atoms with van der Waals surface area (Å²) in [5, 5.41) is 1.05. The number of carbonyl (C=O) groups excluding carboxylic acids is 3. The van der Waals surface area contributed by atoms with Crippen LogP contribution in [-0.2, 0) is 14.3 Å². The number of esters is 1. The van der Waals surface area contributed by atoms with Crippen LogP contribution in [0.5, 0.6) is 11.5 Å². The van der Waals surface area contributed by atoms with Crippen LogP contribution in [0.3, 0.4) is 0 Å². The van der Waals surface area contributed by atoms with Crippen molar-refractivity contribution in [3.63, 3.8) is 0 Å². The largest absolute Gasteiger partial charge is 0.490 e. The Balaban J connectivity index is 1.82. The second kappa shape index (κ2) is 11.3. The first kappa shape index (κ1) is 24.7. The average molecular weight is 551 g/mol. The standard InChI is InChI=1S/C22H19BrN2O6S2/c1-3-30-16-10-13(9-15(23)19(16)31-12-18(26)29-2)11-17-21(28)25(22(32)33-17)24-20(27)14-7-5-4-6-8-14/h4-11H,3,12H2,1-2H3,(H,24,27)/b17-11-. The van der Waals surface area contributed by atoms with Gasteiger partial charge in [-0.3, -0.25) is 15.0 Å². The Bertz CT molecular complexity index is 1120. The summed E-state index contributed by atoms with van der Waals surface area (Å²) in [4.78, 5) is 37.1. The van der Waals surface area contributed by atoms with E-state index in [1.807, 2.05) is 6.92 Å². The van der Waals surface area contributed by atoms with Gasteiger partial charge in [0.2, 0.25) is 0 Å². The molecule has 1 N–H and O–H groups in total. The van der Waals surface area contributed by atoms with Crippen LogP contribution in [0.2, 0.25) is 0 Å². The van der Waals surface area contributed by atoms with E-state index in [0.717, 1.165) is 16.8 Å². The van der Waals surface area contributed by atoms with Crippen molar-refractivity contribution in [3.8, 4) is 11.5 Å². The van der Waals surface area contributed by atoms with Crippen molar-refractivity contribution in [3.05, 3.63) is 63.0 Å². The lowest BCUT2D eigenvalue weighted by atomic mass is 10.2. The van der Waals surface area contributed by atoms with E-state index in [4.69, 9.17) is 21.7 Å². The molecule has 3 rings (SSSR count). The molecule has 2 aromatic carbocycles. The fraction of sp³-hybridized carbons (Fsp3) is 0.182. The molecular formula is C22H19BrN2O6S2. The molecule has 1 heterocycles. The highest BCUT2D eigenvalue weighted by molar-refractivity contribution is 9.10. The van der Waals surface area contributed by atoms with Gasteiger partial charge in [0.15, 0.2) is 22.4 Å². The van der Waals surface area contributed by atoms with E-state index in [2.05, 4.69) is 26.1 Å². The maximum atomic E-state index is 12.9. The van der Waals surface area contributed by atoms with Gasteiger partial charge in [0.25, 0.3) is 11.8 Å². The fourth-order valence-corrected chi connectivity index (χ4v) is 4.49. The molecule has 0 saturated carbocycles. The van der Waals surface area contributed by atoms with Crippen LogP contribution in [0.15, 0.2) is 51.8 Å². The number of hydrogen-bond acceptors (Lipinski definition) is 8. The van der Waals surface area contributed by atoms with Crippen LogP contribution in [0.4, 0.5) is 0 Å². The second-order valence-corrected chi connectivity index (χ2v) is 8.98. The number of nitrogens with zero attached hydrogens (tertiary/aromatic N) is 1. The van der Waals surface area contributed by atoms with Gasteiger partial charge in [0.05, 0.1) is 23.1 Å². The highest BCUT2D eigenvalue weighted by Crippen LogP contribution is 2.39. The predicted octanol–water partition coefficient (Wildman–Crippen LogP) is 3.95. The first-order valence-corrected chi connectivity index (χ1v) is 11.7. The SMILES string of the molecule is CCOc1cc(/C=C2\SC(=S)N(NC(=O)c3ccccc3)C2=O)cc(Br)c1OCC(=O)OC. The maximum Gasteiger partial charge on any atom is 0.343 e. The Labute approximate surface area is 208 Å². The van der Waals surface area contributed by atoms with Crippen molar-refractivity contribution in [2.75, 3.05) is 20.3 Å². The van der Waals surface area contributed by atoms with Gasteiger partial charge < -0.3 is 14.2 Å². The monoisotopic (exact) mass is 550 g/mol. The summed E-state index contributed by atoms with van der Waals surface area (Å²) >= 11 is 9.76. The first-order chi connectivity index (χ1) is 15.8. The molecule has 0 atom stereocenters. The third kappa shape index (κ3) is 6.12. The van der Waals surface area contributed by atoms with Gasteiger partial charge in [-0.25, -0.2) is 4.79 Å². The Morgan fingerprint density at radius 2 is 1.94 bits per heavy atom. The van der Waals surface area contributed by atoms with Crippen LogP contribution in [0.1, 0.15) is 22.8 Å². The van der Waals surface area contributed by atoms with Crippen molar-refractivity contribution in [2.45, 2.75) is 6.92 Å². The zero-order valence-corrected chi connectivity index (χ0v) is 20.8. The molecule has 0 bridgehead atoms. The summed E-state index contributed by atoms with van der Waals surface area (Å²) in [5.41, 5.74) is 3.58. The van der Waals surface area contributed by atoms with Gasteiger partial charge in [-0.1, -0.05) is 30.0 Å². The number of methoxy groups -OCH3 is 1. The minimum atomic E-state index is -0.533. The molecule has 11 heteroatoms. The molecule has 2 aromatic rings. The van der Waals surface area contributed by atoms with E-state index in [-0.39, 0.29) is 10.9 Å². The molecule has 1 fully saturated rings. The fourth-order valence-electron chi connectivity index (χ4n) is 2.74. The second-order valence-electron chi connectivity index (χ2n) is 6.45. The number of thioether (sulfide) groups is 1. The van der Waals surface area contributed by atoms with Gasteiger partial charge in [0, 0.05) is 5.56 Å². The first-order valence-electron chi connectivity index (χ1n) is 9.64. The quantitative estimate of drug-likeness (QED) is 0.300. The number of benzene rings is 2. The lowest BCUT2D eigenvalue weighted by Gasteiger charge is -2.15. The van der Waals surface area contributed by atoms with Crippen LogP contribution in [-0.4, -0.2) is 47.4 Å². The third-order valence-corrected chi connectivity index (χ3v) is 6.13. The topological polar surface area (TPSA) is 94.2 Å².